The monoisotopic (exact) mass is 338 g/mol. The van der Waals surface area contributed by atoms with Crippen LogP contribution in [0.25, 0.3) is 10.1 Å². The molecule has 1 aliphatic carbocycles. The van der Waals surface area contributed by atoms with E-state index >= 15 is 0 Å². The van der Waals surface area contributed by atoms with Crippen molar-refractivity contribution in [1.29, 1.82) is 0 Å². The van der Waals surface area contributed by atoms with Crippen molar-refractivity contribution in [2.75, 3.05) is 0 Å². The predicted octanol–water partition coefficient (Wildman–Crippen LogP) is 5.67. The van der Waals surface area contributed by atoms with E-state index in [1.165, 1.54) is 42.2 Å². The van der Waals surface area contributed by atoms with Crippen molar-refractivity contribution in [2.45, 2.75) is 44.6 Å². The molecule has 0 saturated heterocycles. The number of aliphatic hydroxyl groups is 1. The molecule has 0 bridgehead atoms. The number of hydrogen-bond acceptors (Lipinski definition) is 2. The highest BCUT2D eigenvalue weighted by molar-refractivity contribution is 9.10. The van der Waals surface area contributed by atoms with Gasteiger partial charge in [-0.05, 0) is 57.1 Å². The summed E-state index contributed by atoms with van der Waals surface area (Å²) in [6, 6.07) is 6.23. The van der Waals surface area contributed by atoms with E-state index in [1.54, 1.807) is 11.3 Å². The number of fused-ring (bicyclic) bond motifs is 1. The van der Waals surface area contributed by atoms with E-state index in [0.29, 0.717) is 0 Å². The normalized spacial score (nSPS) is 18.2. The van der Waals surface area contributed by atoms with Crippen LogP contribution in [0.15, 0.2) is 28.1 Å². The summed E-state index contributed by atoms with van der Waals surface area (Å²) in [5.74, 6) is 0.853. The molecule has 1 aliphatic rings. The van der Waals surface area contributed by atoms with E-state index in [9.17, 15) is 5.11 Å². The maximum atomic E-state index is 10.5. The average Bonchev–Trinajstić information content (AvgIpc) is 3.06. The minimum atomic E-state index is -0.302. The van der Waals surface area contributed by atoms with Gasteiger partial charge in [0.1, 0.15) is 0 Å². The lowest BCUT2D eigenvalue weighted by molar-refractivity contribution is 0.159. The van der Waals surface area contributed by atoms with Crippen LogP contribution >= 0.6 is 27.3 Å². The Morgan fingerprint density at radius 2 is 2.11 bits per heavy atom. The van der Waals surface area contributed by atoms with Crippen molar-refractivity contribution < 1.29 is 5.11 Å². The van der Waals surface area contributed by atoms with Gasteiger partial charge in [0.2, 0.25) is 0 Å². The molecule has 0 aliphatic heterocycles. The third kappa shape index (κ3) is 2.88. The molecule has 1 atom stereocenters. The molecule has 2 aromatic rings. The number of benzene rings is 1. The van der Waals surface area contributed by atoms with Crippen molar-refractivity contribution in [1.82, 2.24) is 0 Å². The molecule has 1 fully saturated rings. The summed E-state index contributed by atoms with van der Waals surface area (Å²) in [5, 5.41) is 13.8. The second kappa shape index (κ2) is 5.94. The first-order valence-corrected chi connectivity index (χ1v) is 8.76. The quantitative estimate of drug-likeness (QED) is 0.761. The van der Waals surface area contributed by atoms with E-state index in [0.717, 1.165) is 22.4 Å². The van der Waals surface area contributed by atoms with Crippen LogP contribution < -0.4 is 0 Å². The lowest BCUT2D eigenvalue weighted by Gasteiger charge is -2.13. The lowest BCUT2D eigenvalue weighted by atomic mass is 9.96. The summed E-state index contributed by atoms with van der Waals surface area (Å²) in [6.07, 6.45) is 7.27. The Labute approximate surface area is 126 Å². The molecule has 1 N–H and O–H groups in total. The van der Waals surface area contributed by atoms with Crippen LogP contribution in [0.1, 0.15) is 50.2 Å². The van der Waals surface area contributed by atoms with Crippen LogP contribution in [0.4, 0.5) is 0 Å². The standard InChI is InChI=1S/C16H19BrOS/c17-14-7-3-6-12-13(10-19-16(12)14)15(18)9-8-11-4-1-2-5-11/h3,6-7,10-11,15,18H,1-2,4-5,8-9H2. The van der Waals surface area contributed by atoms with Crippen molar-refractivity contribution >= 4 is 37.4 Å². The fourth-order valence-corrected chi connectivity index (χ4v) is 4.82. The Morgan fingerprint density at radius 1 is 1.32 bits per heavy atom. The number of halogens is 1. The van der Waals surface area contributed by atoms with Gasteiger partial charge in [0.15, 0.2) is 0 Å². The number of thiophene rings is 1. The van der Waals surface area contributed by atoms with Crippen molar-refractivity contribution in [3.05, 3.63) is 33.6 Å². The topological polar surface area (TPSA) is 20.2 Å². The van der Waals surface area contributed by atoms with Gasteiger partial charge in [-0.1, -0.05) is 37.8 Å². The molecule has 102 valence electrons. The van der Waals surface area contributed by atoms with Gasteiger partial charge in [0.25, 0.3) is 0 Å². The number of aliphatic hydroxyl groups excluding tert-OH is 1. The second-order valence-corrected chi connectivity index (χ2v) is 7.29. The molecule has 1 unspecified atom stereocenters. The molecular weight excluding hydrogens is 320 g/mol. The molecule has 1 heterocycles. The summed E-state index contributed by atoms with van der Waals surface area (Å²) >= 11 is 5.30. The molecule has 1 aromatic heterocycles. The minimum Gasteiger partial charge on any atom is -0.388 e. The summed E-state index contributed by atoms with van der Waals surface area (Å²) in [4.78, 5) is 0. The number of rotatable bonds is 4. The summed E-state index contributed by atoms with van der Waals surface area (Å²) < 4.78 is 2.38. The highest BCUT2D eigenvalue weighted by atomic mass is 79.9. The zero-order valence-electron chi connectivity index (χ0n) is 10.9. The van der Waals surface area contributed by atoms with Gasteiger partial charge in [0, 0.05) is 9.17 Å². The molecule has 1 aromatic carbocycles. The van der Waals surface area contributed by atoms with Crippen LogP contribution in [-0.2, 0) is 0 Å². The molecule has 1 saturated carbocycles. The third-order valence-electron chi connectivity index (χ3n) is 4.26. The largest absolute Gasteiger partial charge is 0.388 e. The van der Waals surface area contributed by atoms with Crippen LogP contribution in [0.2, 0.25) is 0 Å². The molecular formula is C16H19BrOS. The predicted molar refractivity (Wildman–Crippen MR) is 85.7 cm³/mol. The van der Waals surface area contributed by atoms with Crippen molar-refractivity contribution in [2.24, 2.45) is 5.92 Å². The second-order valence-electron chi connectivity index (χ2n) is 5.55. The zero-order valence-corrected chi connectivity index (χ0v) is 13.3. The lowest BCUT2D eigenvalue weighted by Crippen LogP contribution is -2.01. The van der Waals surface area contributed by atoms with Gasteiger partial charge in [-0.3, -0.25) is 0 Å². The van der Waals surface area contributed by atoms with Crippen LogP contribution in [0.3, 0.4) is 0 Å². The van der Waals surface area contributed by atoms with Crippen LogP contribution in [0, 0.1) is 5.92 Å². The first-order chi connectivity index (χ1) is 9.25. The Morgan fingerprint density at radius 3 is 2.89 bits per heavy atom. The van der Waals surface area contributed by atoms with E-state index in [2.05, 4.69) is 33.4 Å². The first-order valence-electron chi connectivity index (χ1n) is 7.09. The Kier molecular flexibility index (Phi) is 4.25. The van der Waals surface area contributed by atoms with Gasteiger partial charge in [-0.25, -0.2) is 0 Å². The smallest absolute Gasteiger partial charge is 0.0804 e. The molecule has 19 heavy (non-hydrogen) atoms. The van der Waals surface area contributed by atoms with E-state index < -0.39 is 0 Å². The maximum absolute atomic E-state index is 10.5. The highest BCUT2D eigenvalue weighted by Gasteiger charge is 2.19. The number of hydrogen-bond donors (Lipinski definition) is 1. The minimum absolute atomic E-state index is 0.302. The molecule has 0 amide bonds. The van der Waals surface area contributed by atoms with Crippen molar-refractivity contribution in [3.63, 3.8) is 0 Å². The van der Waals surface area contributed by atoms with Crippen molar-refractivity contribution in [3.8, 4) is 0 Å². The van der Waals surface area contributed by atoms with Gasteiger partial charge in [0.05, 0.1) is 6.10 Å². The van der Waals surface area contributed by atoms with Crippen LogP contribution in [0.5, 0.6) is 0 Å². The maximum Gasteiger partial charge on any atom is 0.0804 e. The van der Waals surface area contributed by atoms with E-state index in [4.69, 9.17) is 0 Å². The van der Waals surface area contributed by atoms with E-state index in [1.807, 2.05) is 6.07 Å². The Hall–Kier alpha value is -0.380. The van der Waals surface area contributed by atoms with E-state index in [-0.39, 0.29) is 6.10 Å². The molecule has 1 nitrogen and oxygen atoms in total. The molecule has 0 radical (unpaired) electrons. The Balaban J connectivity index is 1.74. The summed E-state index contributed by atoms with van der Waals surface area (Å²) in [6.45, 7) is 0. The third-order valence-corrected chi connectivity index (χ3v) is 6.23. The SMILES string of the molecule is OC(CCC1CCCC1)c1csc2c(Br)cccc12. The molecule has 3 heteroatoms. The van der Waals surface area contributed by atoms with Crippen LogP contribution in [-0.4, -0.2) is 5.11 Å². The fourth-order valence-electron chi connectivity index (χ4n) is 3.15. The fraction of sp³-hybridized carbons (Fsp3) is 0.500. The van der Waals surface area contributed by atoms with Gasteiger partial charge >= 0.3 is 0 Å². The summed E-state index contributed by atoms with van der Waals surface area (Å²) in [7, 11) is 0. The zero-order chi connectivity index (χ0) is 13.2. The first kappa shape index (κ1) is 13.6. The van der Waals surface area contributed by atoms with Gasteiger partial charge in [-0.2, -0.15) is 0 Å². The van der Waals surface area contributed by atoms with Gasteiger partial charge in [-0.15, -0.1) is 11.3 Å². The molecule has 0 spiro atoms. The molecule has 3 rings (SSSR count). The van der Waals surface area contributed by atoms with Gasteiger partial charge < -0.3 is 5.11 Å². The average molecular weight is 339 g/mol. The highest BCUT2D eigenvalue weighted by Crippen LogP contribution is 2.38. The summed E-state index contributed by atoms with van der Waals surface area (Å²) in [5.41, 5.74) is 1.11. The Bertz CT molecular complexity index is 557.